The van der Waals surface area contributed by atoms with E-state index in [0.717, 1.165) is 5.56 Å². The summed E-state index contributed by atoms with van der Waals surface area (Å²) in [6.07, 6.45) is 0. The Hall–Kier alpha value is -3.78. The van der Waals surface area contributed by atoms with E-state index < -0.39 is 0 Å². The molecule has 5 aromatic rings. The van der Waals surface area contributed by atoms with Crippen LogP contribution in [0.2, 0.25) is 0 Å². The summed E-state index contributed by atoms with van der Waals surface area (Å²) >= 11 is 1.26. The summed E-state index contributed by atoms with van der Waals surface area (Å²) in [6.45, 7) is 1.99. The zero-order valence-electron chi connectivity index (χ0n) is 16.6. The monoisotopic (exact) mass is 427 g/mol. The number of thioether (sulfide) groups is 1. The Kier molecular flexibility index (Phi) is 4.83. The fourth-order valence-electron chi connectivity index (χ4n) is 3.36. The van der Waals surface area contributed by atoms with E-state index in [1.54, 1.807) is 28.8 Å². The van der Waals surface area contributed by atoms with Crippen molar-refractivity contribution in [3.63, 3.8) is 0 Å². The van der Waals surface area contributed by atoms with Gasteiger partial charge in [0.05, 0.1) is 27.9 Å². The molecule has 2 heterocycles. The van der Waals surface area contributed by atoms with E-state index in [1.807, 2.05) is 55.5 Å². The van der Waals surface area contributed by atoms with Gasteiger partial charge in [-0.2, -0.15) is 4.68 Å². The summed E-state index contributed by atoms with van der Waals surface area (Å²) in [4.78, 5) is 30.8. The third kappa shape index (κ3) is 3.51. The molecule has 0 fully saturated rings. The van der Waals surface area contributed by atoms with Crippen LogP contribution in [0.4, 0.5) is 0 Å². The molecular formula is C23H17N5O2S. The van der Waals surface area contributed by atoms with Crippen molar-refractivity contribution in [2.24, 2.45) is 0 Å². The van der Waals surface area contributed by atoms with E-state index in [-0.39, 0.29) is 17.0 Å². The lowest BCUT2D eigenvalue weighted by Gasteiger charge is -2.13. The van der Waals surface area contributed by atoms with Crippen molar-refractivity contribution in [3.05, 3.63) is 99.1 Å². The Morgan fingerprint density at radius 2 is 1.45 bits per heavy atom. The molecule has 7 nitrogen and oxygen atoms in total. The molecule has 31 heavy (non-hydrogen) atoms. The molecule has 0 N–H and O–H groups in total. The van der Waals surface area contributed by atoms with Crippen LogP contribution < -0.4 is 11.1 Å². The third-order valence-electron chi connectivity index (χ3n) is 4.98. The highest BCUT2D eigenvalue weighted by molar-refractivity contribution is 7.98. The van der Waals surface area contributed by atoms with Gasteiger partial charge < -0.3 is 0 Å². The summed E-state index contributed by atoms with van der Waals surface area (Å²) in [5, 5.41) is 9.68. The van der Waals surface area contributed by atoms with Gasteiger partial charge in [-0.25, -0.2) is 4.98 Å². The number of nitrogens with zero attached hydrogens (tertiary/aromatic N) is 5. The average molecular weight is 427 g/mol. The summed E-state index contributed by atoms with van der Waals surface area (Å²) in [5.74, 6) is 0.174. The van der Waals surface area contributed by atoms with Crippen molar-refractivity contribution >= 4 is 33.6 Å². The highest BCUT2D eigenvalue weighted by Gasteiger charge is 2.14. The Morgan fingerprint density at radius 3 is 2.19 bits per heavy atom. The number of aromatic nitrogens is 5. The average Bonchev–Trinajstić information content (AvgIpc) is 2.80. The minimum absolute atomic E-state index is 0.158. The maximum Gasteiger partial charge on any atom is 0.278 e. The van der Waals surface area contributed by atoms with Gasteiger partial charge in [-0.3, -0.25) is 14.2 Å². The van der Waals surface area contributed by atoms with Gasteiger partial charge in [0, 0.05) is 0 Å². The molecule has 0 bridgehead atoms. The Morgan fingerprint density at radius 1 is 0.806 bits per heavy atom. The first-order valence-electron chi connectivity index (χ1n) is 9.66. The fraction of sp³-hybridized carbons (Fsp3) is 0.0870. The van der Waals surface area contributed by atoms with Crippen LogP contribution in [0.3, 0.4) is 0 Å². The standard InChI is InChI=1S/C23H17N5O2S/c1-15-10-12-16(13-11-15)28-22(30)17-6-2-4-8-19(17)24-23(28)31-14-27-21(29)18-7-3-5-9-20(18)25-26-27/h2-13H,14H2,1H3. The first-order valence-corrected chi connectivity index (χ1v) is 10.6. The van der Waals surface area contributed by atoms with Crippen LogP contribution in [0.25, 0.3) is 27.5 Å². The fourth-order valence-corrected chi connectivity index (χ4v) is 4.24. The largest absolute Gasteiger partial charge is 0.278 e. The lowest BCUT2D eigenvalue weighted by Crippen LogP contribution is -2.25. The van der Waals surface area contributed by atoms with Gasteiger partial charge in [-0.15, -0.1) is 5.10 Å². The van der Waals surface area contributed by atoms with E-state index in [2.05, 4.69) is 10.3 Å². The van der Waals surface area contributed by atoms with Crippen molar-refractivity contribution in [2.75, 3.05) is 0 Å². The molecule has 0 saturated carbocycles. The Labute approximate surface area is 181 Å². The van der Waals surface area contributed by atoms with Crippen LogP contribution in [-0.2, 0) is 5.88 Å². The molecule has 0 aliphatic heterocycles. The molecule has 0 amide bonds. The number of hydrogen-bond donors (Lipinski definition) is 0. The maximum absolute atomic E-state index is 13.3. The summed E-state index contributed by atoms with van der Waals surface area (Å²) in [5.41, 5.74) is 2.58. The summed E-state index contributed by atoms with van der Waals surface area (Å²) < 4.78 is 2.86. The van der Waals surface area contributed by atoms with E-state index >= 15 is 0 Å². The van der Waals surface area contributed by atoms with Gasteiger partial charge in [0.15, 0.2) is 5.16 Å². The topological polar surface area (TPSA) is 82.7 Å². The lowest BCUT2D eigenvalue weighted by atomic mass is 10.2. The first kappa shape index (κ1) is 19.2. The maximum atomic E-state index is 13.3. The van der Waals surface area contributed by atoms with Crippen LogP contribution in [0.5, 0.6) is 0 Å². The molecule has 0 unspecified atom stereocenters. The van der Waals surface area contributed by atoms with Gasteiger partial charge >= 0.3 is 0 Å². The predicted octanol–water partition coefficient (Wildman–Crippen LogP) is 3.55. The van der Waals surface area contributed by atoms with Gasteiger partial charge in [0.2, 0.25) is 0 Å². The zero-order chi connectivity index (χ0) is 21.4. The van der Waals surface area contributed by atoms with Crippen LogP contribution >= 0.6 is 11.8 Å². The molecule has 3 aromatic carbocycles. The normalized spacial score (nSPS) is 11.3. The first-order chi connectivity index (χ1) is 15.1. The van der Waals surface area contributed by atoms with Gasteiger partial charge in [-0.05, 0) is 43.3 Å². The Bertz CT molecular complexity index is 1540. The minimum atomic E-state index is -0.233. The highest BCUT2D eigenvalue weighted by Crippen LogP contribution is 2.22. The molecular weight excluding hydrogens is 410 g/mol. The van der Waals surface area contributed by atoms with Crippen molar-refractivity contribution < 1.29 is 0 Å². The molecule has 8 heteroatoms. The second kappa shape index (κ2) is 7.81. The number of fused-ring (bicyclic) bond motifs is 2. The van der Waals surface area contributed by atoms with Gasteiger partial charge in [0.1, 0.15) is 5.52 Å². The second-order valence-corrected chi connectivity index (χ2v) is 7.98. The number of benzene rings is 3. The second-order valence-electron chi connectivity index (χ2n) is 7.07. The number of para-hydroxylation sites is 1. The molecule has 2 aromatic heterocycles. The molecule has 0 aliphatic rings. The van der Waals surface area contributed by atoms with Crippen LogP contribution in [-0.4, -0.2) is 24.5 Å². The summed E-state index contributed by atoms with van der Waals surface area (Å²) in [6, 6.07) is 22.0. The van der Waals surface area contributed by atoms with Crippen molar-refractivity contribution in [1.29, 1.82) is 0 Å². The number of hydrogen-bond acceptors (Lipinski definition) is 6. The van der Waals surface area contributed by atoms with Crippen molar-refractivity contribution in [2.45, 2.75) is 18.0 Å². The van der Waals surface area contributed by atoms with E-state index in [9.17, 15) is 9.59 Å². The minimum Gasteiger partial charge on any atom is -0.268 e. The lowest BCUT2D eigenvalue weighted by molar-refractivity contribution is 0.642. The molecule has 0 radical (unpaired) electrons. The molecule has 0 spiro atoms. The SMILES string of the molecule is Cc1ccc(-n2c(SCn3nnc4ccccc4c3=O)nc3ccccc3c2=O)cc1. The van der Waals surface area contributed by atoms with Gasteiger partial charge in [0.25, 0.3) is 11.1 Å². The van der Waals surface area contributed by atoms with E-state index in [4.69, 9.17) is 4.98 Å². The quantitative estimate of drug-likeness (QED) is 0.322. The molecule has 0 aliphatic carbocycles. The number of rotatable bonds is 4. The molecule has 152 valence electrons. The third-order valence-corrected chi connectivity index (χ3v) is 5.89. The van der Waals surface area contributed by atoms with Crippen LogP contribution in [0, 0.1) is 6.92 Å². The van der Waals surface area contributed by atoms with Crippen LogP contribution in [0.1, 0.15) is 5.56 Å². The smallest absolute Gasteiger partial charge is 0.268 e. The van der Waals surface area contributed by atoms with Crippen molar-refractivity contribution in [3.8, 4) is 5.69 Å². The number of aryl methyl sites for hydroxylation is 1. The molecule has 0 saturated heterocycles. The predicted molar refractivity (Wildman–Crippen MR) is 122 cm³/mol. The van der Waals surface area contributed by atoms with Gasteiger partial charge in [-0.1, -0.05) is 58.9 Å². The van der Waals surface area contributed by atoms with Crippen molar-refractivity contribution in [1.82, 2.24) is 24.5 Å². The Balaban J connectivity index is 1.62. The molecule has 5 rings (SSSR count). The zero-order valence-corrected chi connectivity index (χ0v) is 17.4. The highest BCUT2D eigenvalue weighted by atomic mass is 32.2. The summed E-state index contributed by atoms with van der Waals surface area (Å²) in [7, 11) is 0. The molecule has 0 atom stereocenters. The van der Waals surface area contributed by atoms with E-state index in [1.165, 1.54) is 16.4 Å². The van der Waals surface area contributed by atoms with E-state index in [0.29, 0.717) is 32.6 Å². The van der Waals surface area contributed by atoms with Crippen LogP contribution in [0.15, 0.2) is 87.5 Å².